The molecule has 1 N–H and O–H groups in total. The molecule has 6 nitrogen and oxygen atoms in total. The first-order chi connectivity index (χ1) is 10.4. The molecule has 1 fully saturated rings. The number of aliphatic hydroxyl groups is 1. The minimum Gasteiger partial charge on any atom is -0.467 e. The van der Waals surface area contributed by atoms with Gasteiger partial charge < -0.3 is 19.5 Å². The number of rotatable bonds is 3. The second-order valence-corrected chi connectivity index (χ2v) is 8.05. The van der Waals surface area contributed by atoms with Crippen molar-refractivity contribution in [3.63, 3.8) is 0 Å². The number of hydrogen-bond donors (Lipinski definition) is 1. The number of piperidine rings is 1. The highest BCUT2D eigenvalue weighted by Gasteiger charge is 2.45. The first kappa shape index (κ1) is 19.7. The predicted molar refractivity (Wildman–Crippen MR) is 86.9 cm³/mol. The molecule has 1 aliphatic heterocycles. The van der Waals surface area contributed by atoms with E-state index in [1.54, 1.807) is 4.90 Å². The number of aliphatic hydroxyl groups excluding tert-OH is 1. The van der Waals surface area contributed by atoms with Crippen LogP contribution in [0.2, 0.25) is 0 Å². The van der Waals surface area contributed by atoms with E-state index in [9.17, 15) is 14.7 Å². The molecule has 1 heterocycles. The molecule has 0 aliphatic carbocycles. The predicted octanol–water partition coefficient (Wildman–Crippen LogP) is 2.44. The monoisotopic (exact) mass is 329 g/mol. The highest BCUT2D eigenvalue weighted by Crippen LogP contribution is 2.41. The number of ether oxygens (including phenoxy) is 2. The minimum atomic E-state index is -1.17. The fraction of sp³-hybridized carbons (Fsp3) is 0.882. The maximum absolute atomic E-state index is 12.2. The largest absolute Gasteiger partial charge is 0.467 e. The number of esters is 1. The first-order valence-electron chi connectivity index (χ1n) is 8.14. The Morgan fingerprint density at radius 3 is 2.22 bits per heavy atom. The number of methoxy groups -OCH3 is 1. The van der Waals surface area contributed by atoms with Crippen molar-refractivity contribution in [1.29, 1.82) is 0 Å². The van der Waals surface area contributed by atoms with Crippen molar-refractivity contribution in [3.8, 4) is 0 Å². The van der Waals surface area contributed by atoms with Gasteiger partial charge in [0.2, 0.25) is 0 Å². The van der Waals surface area contributed by atoms with E-state index in [1.807, 2.05) is 41.5 Å². The summed E-state index contributed by atoms with van der Waals surface area (Å²) in [5.74, 6) is -0.363. The summed E-state index contributed by atoms with van der Waals surface area (Å²) in [6, 6.07) is 0. The third kappa shape index (κ3) is 4.83. The molecule has 0 bridgehead atoms. The second kappa shape index (κ2) is 7.07. The minimum absolute atomic E-state index is 0.107. The van der Waals surface area contributed by atoms with Gasteiger partial charge in [-0.3, -0.25) is 0 Å². The Morgan fingerprint density at radius 1 is 1.22 bits per heavy atom. The Morgan fingerprint density at radius 2 is 1.78 bits per heavy atom. The van der Waals surface area contributed by atoms with Crippen molar-refractivity contribution >= 4 is 12.1 Å². The molecule has 1 rings (SSSR count). The highest BCUT2D eigenvalue weighted by atomic mass is 16.6. The fourth-order valence-corrected chi connectivity index (χ4v) is 3.36. The molecule has 6 heteroatoms. The summed E-state index contributed by atoms with van der Waals surface area (Å²) in [5.41, 5.74) is -1.13. The SMILES string of the molecule is COC(=O)C(O)C(C)(C)C1CCN(C(=O)OC(C)(C)C)CC1C. The Labute approximate surface area is 139 Å². The normalized spacial score (nSPS) is 24.1. The molecule has 0 aromatic rings. The average Bonchev–Trinajstić information content (AvgIpc) is 2.43. The van der Waals surface area contributed by atoms with Crippen LogP contribution < -0.4 is 0 Å². The van der Waals surface area contributed by atoms with E-state index in [2.05, 4.69) is 4.74 Å². The molecule has 23 heavy (non-hydrogen) atoms. The molecule has 134 valence electrons. The van der Waals surface area contributed by atoms with Crippen molar-refractivity contribution in [1.82, 2.24) is 4.90 Å². The molecule has 0 radical (unpaired) electrons. The van der Waals surface area contributed by atoms with Crippen molar-refractivity contribution in [2.75, 3.05) is 20.2 Å². The van der Waals surface area contributed by atoms with Gasteiger partial charge in [0.15, 0.2) is 6.10 Å². The van der Waals surface area contributed by atoms with E-state index >= 15 is 0 Å². The second-order valence-electron chi connectivity index (χ2n) is 8.05. The number of carbonyl (C=O) groups is 2. The number of hydrogen-bond acceptors (Lipinski definition) is 5. The van der Waals surface area contributed by atoms with E-state index < -0.39 is 23.1 Å². The summed E-state index contributed by atoms with van der Waals surface area (Å²) in [6.07, 6.45) is -0.774. The summed E-state index contributed by atoms with van der Waals surface area (Å²) < 4.78 is 10.1. The lowest BCUT2D eigenvalue weighted by Gasteiger charge is -2.46. The van der Waals surface area contributed by atoms with Crippen LogP contribution in [0.5, 0.6) is 0 Å². The van der Waals surface area contributed by atoms with Crippen LogP contribution in [0.15, 0.2) is 0 Å². The van der Waals surface area contributed by atoms with Gasteiger partial charge in [-0.1, -0.05) is 20.8 Å². The molecular weight excluding hydrogens is 298 g/mol. The molecule has 1 amide bonds. The van der Waals surface area contributed by atoms with E-state index in [0.29, 0.717) is 19.5 Å². The first-order valence-corrected chi connectivity index (χ1v) is 8.14. The van der Waals surface area contributed by atoms with Gasteiger partial charge in [-0.05, 0) is 39.0 Å². The van der Waals surface area contributed by atoms with Gasteiger partial charge in [0.25, 0.3) is 0 Å². The topological polar surface area (TPSA) is 76.1 Å². The average molecular weight is 329 g/mol. The molecule has 0 aromatic carbocycles. The van der Waals surface area contributed by atoms with Gasteiger partial charge in [0.1, 0.15) is 5.60 Å². The Bertz CT molecular complexity index is 441. The molecule has 3 unspecified atom stereocenters. The summed E-state index contributed by atoms with van der Waals surface area (Å²) in [5, 5.41) is 10.3. The van der Waals surface area contributed by atoms with Gasteiger partial charge in [0.05, 0.1) is 7.11 Å². The van der Waals surface area contributed by atoms with Crippen LogP contribution in [0.25, 0.3) is 0 Å². The molecule has 0 spiro atoms. The molecule has 3 atom stereocenters. The van der Waals surface area contributed by atoms with Gasteiger partial charge >= 0.3 is 12.1 Å². The van der Waals surface area contributed by atoms with E-state index in [-0.39, 0.29) is 17.9 Å². The van der Waals surface area contributed by atoms with Crippen molar-refractivity contribution in [3.05, 3.63) is 0 Å². The van der Waals surface area contributed by atoms with Crippen molar-refractivity contribution in [2.24, 2.45) is 17.3 Å². The Kier molecular flexibility index (Phi) is 6.07. The third-order valence-corrected chi connectivity index (χ3v) is 4.64. The maximum atomic E-state index is 12.2. The molecular formula is C17H31NO5. The molecule has 0 saturated carbocycles. The summed E-state index contributed by atoms with van der Waals surface area (Å²) >= 11 is 0. The number of carbonyl (C=O) groups excluding carboxylic acids is 2. The zero-order valence-electron chi connectivity index (χ0n) is 15.4. The lowest BCUT2D eigenvalue weighted by Crippen LogP contribution is -2.52. The zero-order chi connectivity index (χ0) is 18.0. The maximum Gasteiger partial charge on any atom is 0.410 e. The van der Waals surface area contributed by atoms with Crippen molar-refractivity contribution < 1.29 is 24.2 Å². The molecule has 1 aliphatic rings. The van der Waals surface area contributed by atoms with Crippen LogP contribution in [-0.2, 0) is 14.3 Å². The fourth-order valence-electron chi connectivity index (χ4n) is 3.36. The van der Waals surface area contributed by atoms with Crippen LogP contribution in [0, 0.1) is 17.3 Å². The van der Waals surface area contributed by atoms with E-state index in [4.69, 9.17) is 4.74 Å². The van der Waals surface area contributed by atoms with Crippen LogP contribution >= 0.6 is 0 Å². The van der Waals surface area contributed by atoms with Crippen LogP contribution in [0.3, 0.4) is 0 Å². The summed E-state index contributed by atoms with van der Waals surface area (Å²) in [6.45, 7) is 12.4. The molecule has 1 saturated heterocycles. The van der Waals surface area contributed by atoms with Gasteiger partial charge in [-0.15, -0.1) is 0 Å². The van der Waals surface area contributed by atoms with Gasteiger partial charge in [-0.2, -0.15) is 0 Å². The third-order valence-electron chi connectivity index (χ3n) is 4.64. The van der Waals surface area contributed by atoms with Crippen LogP contribution in [0.4, 0.5) is 4.79 Å². The quantitative estimate of drug-likeness (QED) is 0.805. The number of amides is 1. The van der Waals surface area contributed by atoms with Crippen molar-refractivity contribution in [2.45, 2.75) is 59.7 Å². The zero-order valence-corrected chi connectivity index (χ0v) is 15.4. The lowest BCUT2D eigenvalue weighted by atomic mass is 9.66. The number of nitrogens with zero attached hydrogens (tertiary/aromatic N) is 1. The standard InChI is InChI=1S/C17H31NO5/c1-11-10-18(15(21)23-16(2,3)4)9-8-12(11)17(5,6)13(19)14(20)22-7/h11-13,19H,8-10H2,1-7H3. The lowest BCUT2D eigenvalue weighted by molar-refractivity contribution is -0.161. The summed E-state index contributed by atoms with van der Waals surface area (Å²) in [7, 11) is 1.27. The highest BCUT2D eigenvalue weighted by molar-refractivity contribution is 5.75. The Hall–Kier alpha value is -1.30. The van der Waals surface area contributed by atoms with E-state index in [0.717, 1.165) is 0 Å². The smallest absolute Gasteiger partial charge is 0.410 e. The van der Waals surface area contributed by atoms with Gasteiger partial charge in [-0.25, -0.2) is 9.59 Å². The van der Waals surface area contributed by atoms with Crippen LogP contribution in [0.1, 0.15) is 48.0 Å². The number of likely N-dealkylation sites (tertiary alicyclic amines) is 1. The van der Waals surface area contributed by atoms with E-state index in [1.165, 1.54) is 7.11 Å². The molecule has 0 aromatic heterocycles. The Balaban J connectivity index is 2.75. The van der Waals surface area contributed by atoms with Gasteiger partial charge in [0, 0.05) is 18.5 Å². The summed E-state index contributed by atoms with van der Waals surface area (Å²) in [4.78, 5) is 25.6. The van der Waals surface area contributed by atoms with Crippen LogP contribution in [-0.4, -0.2) is 54.0 Å².